The lowest BCUT2D eigenvalue weighted by Crippen LogP contribution is -2.47. The molecule has 5 heteroatoms. The Balaban J connectivity index is 3.33. The van der Waals surface area contributed by atoms with Gasteiger partial charge in [-0.2, -0.15) is 0 Å². The summed E-state index contributed by atoms with van der Waals surface area (Å²) >= 11 is 12.3. The molecule has 1 rings (SSSR count). The molecule has 0 saturated carbocycles. The molecular formula is C12H18Cl2O3. The fourth-order valence-corrected chi connectivity index (χ4v) is 2.53. The quantitative estimate of drug-likeness (QED) is 0.791. The van der Waals surface area contributed by atoms with E-state index in [-0.39, 0.29) is 10.1 Å². The molecule has 0 saturated heterocycles. The third kappa shape index (κ3) is 2.27. The van der Waals surface area contributed by atoms with Crippen molar-refractivity contribution in [2.45, 2.75) is 32.2 Å². The van der Waals surface area contributed by atoms with Gasteiger partial charge in [-0.1, -0.05) is 44.0 Å². The number of hydrogen-bond donors (Lipinski definition) is 1. The highest BCUT2D eigenvalue weighted by atomic mass is 35.5. The first-order valence-electron chi connectivity index (χ1n) is 5.23. The lowest BCUT2D eigenvalue weighted by atomic mass is 9.74. The van der Waals surface area contributed by atoms with E-state index in [0.717, 1.165) is 0 Å². The molecular weight excluding hydrogens is 263 g/mol. The van der Waals surface area contributed by atoms with Crippen molar-refractivity contribution in [3.8, 4) is 0 Å². The third-order valence-electron chi connectivity index (χ3n) is 3.10. The Labute approximate surface area is 112 Å². The molecule has 0 heterocycles. The molecule has 0 unspecified atom stereocenters. The van der Waals surface area contributed by atoms with Crippen molar-refractivity contribution in [2.24, 2.45) is 5.41 Å². The highest BCUT2D eigenvalue weighted by Crippen LogP contribution is 2.46. The van der Waals surface area contributed by atoms with Crippen LogP contribution in [-0.4, -0.2) is 30.7 Å². The Morgan fingerprint density at radius 1 is 1.06 bits per heavy atom. The molecule has 0 fully saturated rings. The fraction of sp³-hybridized carbons (Fsp3) is 0.667. The summed E-state index contributed by atoms with van der Waals surface area (Å²) < 4.78 is 10.4. The van der Waals surface area contributed by atoms with Gasteiger partial charge in [0.05, 0.1) is 10.1 Å². The van der Waals surface area contributed by atoms with E-state index in [9.17, 15) is 5.11 Å². The fourth-order valence-electron chi connectivity index (χ4n) is 1.64. The van der Waals surface area contributed by atoms with Crippen LogP contribution in [-0.2, 0) is 9.47 Å². The average Bonchev–Trinajstić information content (AvgIpc) is 2.16. The summed E-state index contributed by atoms with van der Waals surface area (Å²) in [4.78, 5) is 0. The Kier molecular flexibility index (Phi) is 4.02. The molecule has 0 bridgehead atoms. The van der Waals surface area contributed by atoms with E-state index in [1.165, 1.54) is 26.4 Å². The Hall–Kier alpha value is -0.0600. The second-order valence-electron chi connectivity index (χ2n) is 5.08. The molecule has 0 aliphatic heterocycles. The largest absolute Gasteiger partial charge is 0.381 e. The molecule has 0 aromatic heterocycles. The zero-order valence-corrected chi connectivity index (χ0v) is 12.2. The third-order valence-corrected chi connectivity index (χ3v) is 3.81. The Morgan fingerprint density at radius 2 is 1.41 bits per heavy atom. The van der Waals surface area contributed by atoms with Crippen molar-refractivity contribution in [3.63, 3.8) is 0 Å². The highest BCUT2D eigenvalue weighted by molar-refractivity contribution is 6.36. The van der Waals surface area contributed by atoms with E-state index >= 15 is 0 Å². The highest BCUT2D eigenvalue weighted by Gasteiger charge is 2.48. The summed E-state index contributed by atoms with van der Waals surface area (Å²) in [6, 6.07) is 0. The SMILES string of the molecule is COC1(OC)C(Cl)=CC(O)(C(C)(C)C)C=C1Cl. The van der Waals surface area contributed by atoms with Crippen molar-refractivity contribution in [1.29, 1.82) is 0 Å². The van der Waals surface area contributed by atoms with E-state index in [0.29, 0.717) is 0 Å². The number of aliphatic hydroxyl groups is 1. The molecule has 0 spiro atoms. The second kappa shape index (κ2) is 4.56. The van der Waals surface area contributed by atoms with Crippen molar-refractivity contribution in [3.05, 3.63) is 22.2 Å². The molecule has 1 N–H and O–H groups in total. The molecule has 0 amide bonds. The number of rotatable bonds is 2. The predicted molar refractivity (Wildman–Crippen MR) is 69.0 cm³/mol. The lowest BCUT2D eigenvalue weighted by molar-refractivity contribution is -0.145. The molecule has 98 valence electrons. The van der Waals surface area contributed by atoms with Gasteiger partial charge in [0.1, 0.15) is 5.60 Å². The van der Waals surface area contributed by atoms with E-state index < -0.39 is 16.8 Å². The molecule has 1 aliphatic carbocycles. The minimum atomic E-state index is -1.30. The molecule has 0 aromatic carbocycles. The van der Waals surface area contributed by atoms with E-state index in [1.54, 1.807) is 0 Å². The minimum Gasteiger partial charge on any atom is -0.381 e. The van der Waals surface area contributed by atoms with Gasteiger partial charge in [0.25, 0.3) is 0 Å². The van der Waals surface area contributed by atoms with Crippen molar-refractivity contribution in [1.82, 2.24) is 0 Å². The topological polar surface area (TPSA) is 38.7 Å². The zero-order valence-electron chi connectivity index (χ0n) is 10.7. The predicted octanol–water partition coefficient (Wildman–Crippen LogP) is 3.01. The number of ether oxygens (including phenoxy) is 2. The zero-order chi connectivity index (χ0) is 13.5. The van der Waals surface area contributed by atoms with Crippen molar-refractivity contribution < 1.29 is 14.6 Å². The van der Waals surface area contributed by atoms with E-state index in [4.69, 9.17) is 32.7 Å². The van der Waals surface area contributed by atoms with Crippen LogP contribution in [0.3, 0.4) is 0 Å². The van der Waals surface area contributed by atoms with Gasteiger partial charge in [-0.05, 0) is 17.6 Å². The first kappa shape index (κ1) is 15.0. The number of methoxy groups -OCH3 is 2. The van der Waals surface area contributed by atoms with Crippen LogP contribution in [0.25, 0.3) is 0 Å². The van der Waals surface area contributed by atoms with Crippen LogP contribution in [0.15, 0.2) is 22.2 Å². The van der Waals surface area contributed by atoms with Crippen molar-refractivity contribution >= 4 is 23.2 Å². The molecule has 1 aliphatic rings. The van der Waals surface area contributed by atoms with E-state index in [2.05, 4.69) is 0 Å². The van der Waals surface area contributed by atoms with Gasteiger partial charge >= 0.3 is 0 Å². The van der Waals surface area contributed by atoms with Crippen LogP contribution in [0.1, 0.15) is 20.8 Å². The summed E-state index contributed by atoms with van der Waals surface area (Å²) in [7, 11) is 2.88. The normalized spacial score (nSPS) is 23.1. The van der Waals surface area contributed by atoms with Gasteiger partial charge in [0, 0.05) is 14.2 Å². The van der Waals surface area contributed by atoms with Gasteiger partial charge in [-0.15, -0.1) is 0 Å². The summed E-state index contributed by atoms with van der Waals surface area (Å²) in [5.74, 6) is -1.30. The van der Waals surface area contributed by atoms with Gasteiger partial charge in [-0.3, -0.25) is 0 Å². The maximum Gasteiger partial charge on any atom is 0.243 e. The minimum absolute atomic E-state index is 0.215. The maximum atomic E-state index is 10.5. The van der Waals surface area contributed by atoms with Crippen LogP contribution >= 0.6 is 23.2 Å². The molecule has 0 atom stereocenters. The second-order valence-corrected chi connectivity index (χ2v) is 5.90. The van der Waals surface area contributed by atoms with Crippen LogP contribution in [0.5, 0.6) is 0 Å². The first-order valence-corrected chi connectivity index (χ1v) is 5.99. The molecule has 3 nitrogen and oxygen atoms in total. The Bertz CT molecular complexity index is 340. The lowest BCUT2D eigenvalue weighted by Gasteiger charge is -2.42. The van der Waals surface area contributed by atoms with Crippen LogP contribution in [0.4, 0.5) is 0 Å². The smallest absolute Gasteiger partial charge is 0.243 e. The first-order chi connectivity index (χ1) is 7.63. The summed E-state index contributed by atoms with van der Waals surface area (Å²) in [5.41, 5.74) is -1.68. The number of hydrogen-bond acceptors (Lipinski definition) is 3. The van der Waals surface area contributed by atoms with Crippen LogP contribution in [0.2, 0.25) is 0 Å². The van der Waals surface area contributed by atoms with E-state index in [1.807, 2.05) is 20.8 Å². The standard InChI is InChI=1S/C12H18Cl2O3/c1-10(2,3)11(15)6-8(13)12(16-4,17-5)9(14)7-11/h6-7,15H,1-5H3. The average molecular weight is 281 g/mol. The van der Waals surface area contributed by atoms with Gasteiger partial charge in [0.15, 0.2) is 0 Å². The van der Waals surface area contributed by atoms with Gasteiger partial charge in [-0.25, -0.2) is 0 Å². The van der Waals surface area contributed by atoms with Gasteiger partial charge < -0.3 is 14.6 Å². The molecule has 17 heavy (non-hydrogen) atoms. The van der Waals surface area contributed by atoms with Gasteiger partial charge in [0.2, 0.25) is 5.79 Å². The summed E-state index contributed by atoms with van der Waals surface area (Å²) in [6.45, 7) is 5.67. The number of halogens is 2. The Morgan fingerprint density at radius 3 is 1.65 bits per heavy atom. The van der Waals surface area contributed by atoms with Crippen LogP contribution < -0.4 is 0 Å². The van der Waals surface area contributed by atoms with Crippen LogP contribution in [0, 0.1) is 5.41 Å². The summed E-state index contributed by atoms with van der Waals surface area (Å²) in [5, 5.41) is 11.0. The maximum absolute atomic E-state index is 10.5. The molecule has 0 radical (unpaired) electrons. The summed E-state index contributed by atoms with van der Waals surface area (Å²) in [6.07, 6.45) is 3.01. The van der Waals surface area contributed by atoms with Crippen molar-refractivity contribution in [2.75, 3.05) is 14.2 Å². The molecule has 0 aromatic rings. The monoisotopic (exact) mass is 280 g/mol.